The highest BCUT2D eigenvalue weighted by molar-refractivity contribution is 6.02. The molecule has 2 nitrogen and oxygen atoms in total. The minimum absolute atomic E-state index is 0.313. The largest absolute Gasteiger partial charge is 0.507 e. The molecule has 2 heteroatoms. The van der Waals surface area contributed by atoms with Crippen LogP contribution in [0.1, 0.15) is 44.6 Å². The minimum Gasteiger partial charge on any atom is -0.507 e. The highest BCUT2D eigenvalue weighted by atomic mass is 16.3. The fourth-order valence-electron chi connectivity index (χ4n) is 3.35. The molecule has 1 N–H and O–H groups in total. The number of hydrogen-bond acceptors (Lipinski definition) is 2. The number of phenolic OH excluding ortho intramolecular Hbond substituents is 1. The number of hydrogen-bond donors (Lipinski definition) is 1. The molecule has 0 amide bonds. The first kappa shape index (κ1) is 14.1. The molecule has 21 heavy (non-hydrogen) atoms. The lowest BCUT2D eigenvalue weighted by Gasteiger charge is -2.24. The first-order chi connectivity index (χ1) is 10.3. The van der Waals surface area contributed by atoms with Crippen molar-refractivity contribution in [3.8, 4) is 5.75 Å². The van der Waals surface area contributed by atoms with Gasteiger partial charge in [-0.15, -0.1) is 0 Å². The molecule has 0 saturated heterocycles. The molecule has 1 aliphatic carbocycles. The van der Waals surface area contributed by atoms with Crippen molar-refractivity contribution in [1.82, 2.24) is 0 Å². The van der Waals surface area contributed by atoms with Gasteiger partial charge in [0.15, 0.2) is 0 Å². The van der Waals surface area contributed by atoms with Gasteiger partial charge >= 0.3 is 0 Å². The standard InChI is InChI=1S/C19H23NO/c1-14(15-7-3-2-4-8-15)20-13-18-17-10-6-5-9-16(17)11-12-19(18)21/h5-6,9-15,21H,2-4,7-8H2,1H3/t14-/m0/s1. The Bertz CT molecular complexity index is 641. The normalized spacial score (nSPS) is 18.3. The van der Waals surface area contributed by atoms with Crippen LogP contribution < -0.4 is 0 Å². The van der Waals surface area contributed by atoms with Gasteiger partial charge in [-0.3, -0.25) is 4.99 Å². The van der Waals surface area contributed by atoms with E-state index in [4.69, 9.17) is 4.99 Å². The Morgan fingerprint density at radius 1 is 1.10 bits per heavy atom. The number of aliphatic imine (C=N–C) groups is 1. The fourth-order valence-corrected chi connectivity index (χ4v) is 3.35. The third-order valence-electron chi connectivity index (χ3n) is 4.72. The van der Waals surface area contributed by atoms with Gasteiger partial charge in [0.2, 0.25) is 0 Å². The molecule has 0 heterocycles. The number of phenols is 1. The van der Waals surface area contributed by atoms with Crippen molar-refractivity contribution in [3.05, 3.63) is 42.0 Å². The summed E-state index contributed by atoms with van der Waals surface area (Å²) in [6, 6.07) is 12.2. The Hall–Kier alpha value is -1.83. The quantitative estimate of drug-likeness (QED) is 0.795. The lowest BCUT2D eigenvalue weighted by atomic mass is 9.85. The van der Waals surface area contributed by atoms with Crippen LogP contribution in [0, 0.1) is 5.92 Å². The van der Waals surface area contributed by atoms with E-state index in [-0.39, 0.29) is 0 Å². The Labute approximate surface area is 126 Å². The second-order valence-electron chi connectivity index (χ2n) is 6.14. The number of fused-ring (bicyclic) bond motifs is 1. The molecule has 0 aliphatic heterocycles. The van der Waals surface area contributed by atoms with Crippen molar-refractivity contribution >= 4 is 17.0 Å². The number of nitrogens with zero attached hydrogens (tertiary/aromatic N) is 1. The van der Waals surface area contributed by atoms with E-state index in [1.165, 1.54) is 32.1 Å². The molecule has 110 valence electrons. The molecule has 0 aromatic heterocycles. The first-order valence-electron chi connectivity index (χ1n) is 7.99. The average Bonchev–Trinajstić information content (AvgIpc) is 2.54. The van der Waals surface area contributed by atoms with Gasteiger partial charge in [-0.2, -0.15) is 0 Å². The van der Waals surface area contributed by atoms with E-state index < -0.39 is 0 Å². The van der Waals surface area contributed by atoms with Crippen molar-refractivity contribution < 1.29 is 5.11 Å². The van der Waals surface area contributed by atoms with Gasteiger partial charge in [0.25, 0.3) is 0 Å². The van der Waals surface area contributed by atoms with Gasteiger partial charge in [0, 0.05) is 17.8 Å². The lowest BCUT2D eigenvalue weighted by molar-refractivity contribution is 0.318. The summed E-state index contributed by atoms with van der Waals surface area (Å²) >= 11 is 0. The molecule has 1 aliphatic rings. The van der Waals surface area contributed by atoms with Crippen molar-refractivity contribution in [1.29, 1.82) is 0 Å². The zero-order valence-corrected chi connectivity index (χ0v) is 12.6. The van der Waals surface area contributed by atoms with Crippen LogP contribution in [0.3, 0.4) is 0 Å². The second kappa shape index (κ2) is 6.30. The molecular weight excluding hydrogens is 258 g/mol. The number of aromatic hydroxyl groups is 1. The summed E-state index contributed by atoms with van der Waals surface area (Å²) < 4.78 is 0. The van der Waals surface area contributed by atoms with Gasteiger partial charge in [-0.1, -0.05) is 49.6 Å². The van der Waals surface area contributed by atoms with Crippen LogP contribution in [-0.2, 0) is 0 Å². The molecule has 2 aromatic carbocycles. The van der Waals surface area contributed by atoms with Crippen LogP contribution in [0.5, 0.6) is 5.75 Å². The molecule has 3 rings (SSSR count). The van der Waals surface area contributed by atoms with Gasteiger partial charge < -0.3 is 5.11 Å². The Morgan fingerprint density at radius 2 is 1.86 bits per heavy atom. The predicted octanol–water partition coefficient (Wildman–Crippen LogP) is 4.93. The predicted molar refractivity (Wildman–Crippen MR) is 89.2 cm³/mol. The summed E-state index contributed by atoms with van der Waals surface area (Å²) in [6.45, 7) is 2.20. The van der Waals surface area contributed by atoms with Crippen LogP contribution in [0.4, 0.5) is 0 Å². The zero-order valence-electron chi connectivity index (χ0n) is 12.6. The highest BCUT2D eigenvalue weighted by Crippen LogP contribution is 2.29. The van der Waals surface area contributed by atoms with E-state index in [2.05, 4.69) is 13.0 Å². The third kappa shape index (κ3) is 3.10. The molecule has 1 saturated carbocycles. The summed E-state index contributed by atoms with van der Waals surface area (Å²) in [5, 5.41) is 12.3. The minimum atomic E-state index is 0.313. The maximum atomic E-state index is 10.1. The van der Waals surface area contributed by atoms with Crippen molar-refractivity contribution in [3.63, 3.8) is 0 Å². The topological polar surface area (TPSA) is 32.6 Å². The number of benzene rings is 2. The maximum Gasteiger partial charge on any atom is 0.124 e. The summed E-state index contributed by atoms with van der Waals surface area (Å²) in [7, 11) is 0. The molecule has 0 bridgehead atoms. The highest BCUT2D eigenvalue weighted by Gasteiger charge is 2.19. The van der Waals surface area contributed by atoms with Crippen LogP contribution in [0.25, 0.3) is 10.8 Å². The zero-order chi connectivity index (χ0) is 14.7. The van der Waals surface area contributed by atoms with Crippen LogP contribution in [0.15, 0.2) is 41.4 Å². The Kier molecular flexibility index (Phi) is 4.23. The monoisotopic (exact) mass is 281 g/mol. The summed E-state index contributed by atoms with van der Waals surface area (Å²) in [6.07, 6.45) is 8.50. The Balaban J connectivity index is 1.86. The van der Waals surface area contributed by atoms with Gasteiger partial charge in [-0.05, 0) is 42.5 Å². The smallest absolute Gasteiger partial charge is 0.124 e. The molecule has 2 aromatic rings. The molecule has 1 atom stereocenters. The molecule has 0 radical (unpaired) electrons. The Morgan fingerprint density at radius 3 is 2.67 bits per heavy atom. The first-order valence-corrected chi connectivity index (χ1v) is 7.99. The number of rotatable bonds is 3. The van der Waals surface area contributed by atoms with E-state index >= 15 is 0 Å². The van der Waals surface area contributed by atoms with Crippen molar-refractivity contribution in [2.75, 3.05) is 0 Å². The fraction of sp³-hybridized carbons (Fsp3) is 0.421. The lowest BCUT2D eigenvalue weighted by Crippen LogP contribution is -2.18. The third-order valence-corrected chi connectivity index (χ3v) is 4.72. The SMILES string of the molecule is C[C@H](N=Cc1c(O)ccc2ccccc12)C1CCCCC1. The van der Waals surface area contributed by atoms with E-state index in [1.807, 2.05) is 30.5 Å². The van der Waals surface area contributed by atoms with E-state index in [0.717, 1.165) is 16.3 Å². The van der Waals surface area contributed by atoms with Crippen LogP contribution >= 0.6 is 0 Å². The molecular formula is C19H23NO. The molecule has 0 unspecified atom stereocenters. The summed E-state index contributed by atoms with van der Waals surface area (Å²) in [5.74, 6) is 1.01. The molecule has 0 spiro atoms. The van der Waals surface area contributed by atoms with Crippen molar-refractivity contribution in [2.45, 2.75) is 45.1 Å². The van der Waals surface area contributed by atoms with Gasteiger partial charge in [0.1, 0.15) is 5.75 Å². The maximum absolute atomic E-state index is 10.1. The average molecular weight is 281 g/mol. The van der Waals surface area contributed by atoms with Crippen LogP contribution in [0.2, 0.25) is 0 Å². The van der Waals surface area contributed by atoms with Gasteiger partial charge in [0.05, 0.1) is 0 Å². The van der Waals surface area contributed by atoms with E-state index in [9.17, 15) is 5.11 Å². The summed E-state index contributed by atoms with van der Waals surface area (Å²) in [5.41, 5.74) is 0.843. The van der Waals surface area contributed by atoms with Gasteiger partial charge in [-0.25, -0.2) is 0 Å². The summed E-state index contributed by atoms with van der Waals surface area (Å²) in [4.78, 5) is 4.74. The second-order valence-corrected chi connectivity index (χ2v) is 6.14. The molecule has 1 fully saturated rings. The van der Waals surface area contributed by atoms with Crippen LogP contribution in [-0.4, -0.2) is 17.4 Å². The van der Waals surface area contributed by atoms with Crippen molar-refractivity contribution in [2.24, 2.45) is 10.9 Å². The van der Waals surface area contributed by atoms with E-state index in [1.54, 1.807) is 6.07 Å². The van der Waals surface area contributed by atoms with E-state index in [0.29, 0.717) is 17.7 Å².